The van der Waals surface area contributed by atoms with Crippen molar-refractivity contribution in [3.8, 4) is 5.75 Å². The number of hydrogen-bond donors (Lipinski definition) is 2. The van der Waals surface area contributed by atoms with Crippen LogP contribution in [0.3, 0.4) is 0 Å². The minimum atomic E-state index is -4.40. The first-order chi connectivity index (χ1) is 15.7. The predicted molar refractivity (Wildman–Crippen MR) is 119 cm³/mol. The van der Waals surface area contributed by atoms with Gasteiger partial charge in [-0.25, -0.2) is 4.79 Å². The zero-order chi connectivity index (χ0) is 23.2. The molecule has 0 radical (unpaired) electrons. The van der Waals surface area contributed by atoms with E-state index < -0.39 is 17.5 Å². The summed E-state index contributed by atoms with van der Waals surface area (Å²) in [5.74, 6) is 0.739. The number of halogens is 3. The van der Waals surface area contributed by atoms with Crippen LogP contribution >= 0.6 is 0 Å². The van der Waals surface area contributed by atoms with Crippen molar-refractivity contribution in [1.82, 2.24) is 5.32 Å². The van der Waals surface area contributed by atoms with E-state index in [2.05, 4.69) is 10.6 Å². The van der Waals surface area contributed by atoms with Gasteiger partial charge in [-0.1, -0.05) is 36.4 Å². The molecule has 170 valence electrons. The second-order valence-corrected chi connectivity index (χ2v) is 8.46. The summed E-state index contributed by atoms with van der Waals surface area (Å²) in [6.07, 6.45) is -3.81. The lowest BCUT2D eigenvalue weighted by Gasteiger charge is -2.50. The van der Waals surface area contributed by atoms with Crippen molar-refractivity contribution in [3.63, 3.8) is 0 Å². The monoisotopic (exact) mass is 453 g/mol. The van der Waals surface area contributed by atoms with Crippen LogP contribution in [-0.2, 0) is 12.7 Å². The van der Waals surface area contributed by atoms with Crippen LogP contribution in [-0.4, -0.2) is 11.8 Å². The standard InChI is InChI=1S/C25H22F3N3O2/c1-24-14-21(20-10-2-3-11-22(20)33-24)30-23(32)31(24)19-9-4-6-16(12-19)15-29-18-8-5-7-17(13-18)25(26,27)28/h2-13,21,29H,14-15H2,1H3,(H,30,32). The molecule has 0 saturated carbocycles. The molecule has 1 saturated heterocycles. The number of fused-ring (bicyclic) bond motifs is 4. The number of ether oxygens (including phenoxy) is 1. The van der Waals surface area contributed by atoms with Crippen LogP contribution in [0.5, 0.6) is 5.75 Å². The van der Waals surface area contributed by atoms with E-state index in [4.69, 9.17) is 4.74 Å². The SMILES string of the molecule is CC12CC(NC(=O)N1c1cccc(CNc3cccc(C(F)(F)F)c3)c1)c1ccccc1O2. The van der Waals surface area contributed by atoms with Gasteiger partial charge in [0.25, 0.3) is 0 Å². The maximum Gasteiger partial charge on any atom is 0.416 e. The largest absolute Gasteiger partial charge is 0.467 e. The van der Waals surface area contributed by atoms with Gasteiger partial charge in [-0.2, -0.15) is 13.2 Å². The van der Waals surface area contributed by atoms with E-state index >= 15 is 0 Å². The lowest BCUT2D eigenvalue weighted by molar-refractivity contribution is -0.137. The molecule has 2 amide bonds. The zero-order valence-electron chi connectivity index (χ0n) is 17.8. The molecule has 2 atom stereocenters. The van der Waals surface area contributed by atoms with E-state index in [1.165, 1.54) is 6.07 Å². The Bertz CT molecular complexity index is 1210. The quantitative estimate of drug-likeness (QED) is 0.503. The van der Waals surface area contributed by atoms with E-state index in [0.29, 0.717) is 24.3 Å². The summed E-state index contributed by atoms with van der Waals surface area (Å²) in [6, 6.07) is 19.7. The summed E-state index contributed by atoms with van der Waals surface area (Å²) in [5.41, 5.74) is 1.23. The van der Waals surface area contributed by atoms with Crippen molar-refractivity contribution in [2.45, 2.75) is 37.8 Å². The van der Waals surface area contributed by atoms with Crippen molar-refractivity contribution < 1.29 is 22.7 Å². The molecule has 0 spiro atoms. The summed E-state index contributed by atoms with van der Waals surface area (Å²) in [4.78, 5) is 14.7. The highest BCUT2D eigenvalue weighted by Crippen LogP contribution is 2.45. The van der Waals surface area contributed by atoms with Gasteiger partial charge in [0.2, 0.25) is 0 Å². The van der Waals surface area contributed by atoms with Crippen LogP contribution in [0.1, 0.15) is 36.1 Å². The third kappa shape index (κ3) is 3.97. The number of amides is 2. The van der Waals surface area contributed by atoms with E-state index in [0.717, 1.165) is 29.0 Å². The fourth-order valence-electron chi connectivity index (χ4n) is 4.53. The smallest absolute Gasteiger partial charge is 0.416 e. The number of benzene rings is 3. The molecule has 2 heterocycles. The second kappa shape index (κ2) is 7.72. The molecule has 0 aliphatic carbocycles. The van der Waals surface area contributed by atoms with Gasteiger partial charge in [0.15, 0.2) is 5.72 Å². The zero-order valence-corrected chi connectivity index (χ0v) is 17.8. The number of alkyl halides is 3. The van der Waals surface area contributed by atoms with Crippen molar-refractivity contribution >= 4 is 17.4 Å². The number of urea groups is 1. The molecule has 3 aromatic rings. The normalized spacial score (nSPS) is 21.6. The third-order valence-electron chi connectivity index (χ3n) is 6.04. The van der Waals surface area contributed by atoms with Crippen molar-refractivity contribution in [3.05, 3.63) is 89.5 Å². The lowest BCUT2D eigenvalue weighted by atomic mass is 9.90. The number of anilines is 2. The third-order valence-corrected chi connectivity index (χ3v) is 6.04. The number of carbonyl (C=O) groups excluding carboxylic acids is 1. The van der Waals surface area contributed by atoms with Gasteiger partial charge in [-0.3, -0.25) is 4.90 Å². The summed E-state index contributed by atoms with van der Waals surface area (Å²) < 4.78 is 45.2. The van der Waals surface area contributed by atoms with E-state index in [1.54, 1.807) is 11.0 Å². The average molecular weight is 453 g/mol. The van der Waals surface area contributed by atoms with Crippen molar-refractivity contribution in [2.24, 2.45) is 0 Å². The summed E-state index contributed by atoms with van der Waals surface area (Å²) in [7, 11) is 0. The fraction of sp³-hybridized carbons (Fsp3) is 0.240. The minimum Gasteiger partial charge on any atom is -0.467 e. The molecule has 1 fully saturated rings. The lowest BCUT2D eigenvalue weighted by Crippen LogP contribution is -2.65. The topological polar surface area (TPSA) is 53.6 Å². The highest BCUT2D eigenvalue weighted by Gasteiger charge is 2.49. The first-order valence-electron chi connectivity index (χ1n) is 10.6. The predicted octanol–water partition coefficient (Wildman–Crippen LogP) is 6.09. The average Bonchev–Trinajstić information content (AvgIpc) is 2.77. The Labute approximate surface area is 189 Å². The van der Waals surface area contributed by atoms with Gasteiger partial charge in [-0.05, 0) is 48.9 Å². The molecule has 3 aromatic carbocycles. The molecule has 2 aliphatic heterocycles. The maximum absolute atomic E-state index is 13.1. The van der Waals surface area contributed by atoms with Crippen LogP contribution in [0.2, 0.25) is 0 Å². The van der Waals surface area contributed by atoms with Crippen LogP contribution in [0.15, 0.2) is 72.8 Å². The van der Waals surface area contributed by atoms with Gasteiger partial charge in [0.05, 0.1) is 11.6 Å². The second-order valence-electron chi connectivity index (χ2n) is 8.46. The molecular formula is C25H22F3N3O2. The van der Waals surface area contributed by atoms with Crippen LogP contribution in [0.25, 0.3) is 0 Å². The Morgan fingerprint density at radius 1 is 1.09 bits per heavy atom. The molecule has 2 unspecified atom stereocenters. The summed E-state index contributed by atoms with van der Waals surface area (Å²) in [5, 5.41) is 6.09. The molecule has 8 heteroatoms. The molecule has 33 heavy (non-hydrogen) atoms. The van der Waals surface area contributed by atoms with Gasteiger partial charge < -0.3 is 15.4 Å². The number of nitrogens with zero attached hydrogens (tertiary/aromatic N) is 1. The van der Waals surface area contributed by atoms with E-state index in [-0.39, 0.29) is 12.1 Å². The van der Waals surface area contributed by atoms with Crippen molar-refractivity contribution in [1.29, 1.82) is 0 Å². The Hall–Kier alpha value is -3.68. The minimum absolute atomic E-state index is 0.130. The molecule has 2 aliphatic rings. The van der Waals surface area contributed by atoms with Gasteiger partial charge in [0, 0.05) is 29.9 Å². The highest BCUT2D eigenvalue weighted by atomic mass is 19.4. The Morgan fingerprint density at radius 3 is 2.70 bits per heavy atom. The first-order valence-corrected chi connectivity index (χ1v) is 10.6. The molecule has 2 N–H and O–H groups in total. The number of rotatable bonds is 4. The van der Waals surface area contributed by atoms with Gasteiger partial charge in [-0.15, -0.1) is 0 Å². The molecular weight excluding hydrogens is 431 g/mol. The number of nitrogens with one attached hydrogen (secondary N) is 2. The Kier molecular flexibility index (Phi) is 4.96. The molecule has 2 bridgehead atoms. The van der Waals surface area contributed by atoms with Crippen LogP contribution < -0.4 is 20.3 Å². The van der Waals surface area contributed by atoms with Gasteiger partial charge in [0.1, 0.15) is 5.75 Å². The maximum atomic E-state index is 13.1. The molecule has 5 nitrogen and oxygen atoms in total. The summed E-state index contributed by atoms with van der Waals surface area (Å²) in [6.45, 7) is 2.19. The molecule has 5 rings (SSSR count). The first kappa shape index (κ1) is 21.2. The van der Waals surface area contributed by atoms with E-state index in [1.807, 2.05) is 55.5 Å². The van der Waals surface area contributed by atoms with Crippen molar-refractivity contribution in [2.75, 3.05) is 10.2 Å². The van der Waals surface area contributed by atoms with Crippen LogP contribution in [0, 0.1) is 0 Å². The number of hydrogen-bond acceptors (Lipinski definition) is 3. The molecule has 0 aromatic heterocycles. The Balaban J connectivity index is 1.38. The van der Waals surface area contributed by atoms with Gasteiger partial charge >= 0.3 is 12.2 Å². The number of carbonyl (C=O) groups is 1. The van der Waals surface area contributed by atoms with E-state index in [9.17, 15) is 18.0 Å². The highest BCUT2D eigenvalue weighted by molar-refractivity contribution is 5.95. The Morgan fingerprint density at radius 2 is 1.88 bits per heavy atom. The van der Waals surface area contributed by atoms with Crippen LogP contribution in [0.4, 0.5) is 29.3 Å². The number of para-hydroxylation sites is 1. The summed E-state index contributed by atoms with van der Waals surface area (Å²) >= 11 is 0. The fourth-order valence-corrected chi connectivity index (χ4v) is 4.53.